The van der Waals surface area contributed by atoms with E-state index in [1.807, 2.05) is 0 Å². The molecule has 17 heavy (non-hydrogen) atoms. The van der Waals surface area contributed by atoms with Crippen LogP contribution < -0.4 is 0 Å². The van der Waals surface area contributed by atoms with Crippen LogP contribution in [-0.4, -0.2) is 34.2 Å². The lowest BCUT2D eigenvalue weighted by Crippen LogP contribution is -2.31. The Hall–Kier alpha value is -1.62. The summed E-state index contributed by atoms with van der Waals surface area (Å²) in [4.78, 5) is 13.1. The van der Waals surface area contributed by atoms with Crippen molar-refractivity contribution in [3.8, 4) is 5.75 Å². The number of aliphatic carboxylic acids is 1. The first-order valence-corrected chi connectivity index (χ1v) is 5.54. The minimum absolute atomic E-state index is 0.245. The number of rotatable bonds is 3. The number of phenolic OH excluding ortho intramolecular Hbond substituents is 1. The summed E-state index contributed by atoms with van der Waals surface area (Å²) in [5.74, 6) is -1.88. The summed E-state index contributed by atoms with van der Waals surface area (Å²) in [6, 6.07) is 2.56. The van der Waals surface area contributed by atoms with E-state index in [4.69, 9.17) is 0 Å². The van der Waals surface area contributed by atoms with E-state index in [9.17, 15) is 19.4 Å². The Morgan fingerprint density at radius 3 is 2.47 bits per heavy atom. The lowest BCUT2D eigenvalue weighted by atomic mass is 10.1. The van der Waals surface area contributed by atoms with E-state index in [1.54, 1.807) is 4.90 Å². The Morgan fingerprint density at radius 1 is 1.29 bits per heavy atom. The third-order valence-electron chi connectivity index (χ3n) is 2.96. The maximum Gasteiger partial charge on any atom is 0.325 e. The summed E-state index contributed by atoms with van der Waals surface area (Å²) < 4.78 is 13.2. The average molecular weight is 239 g/mol. The van der Waals surface area contributed by atoms with E-state index in [2.05, 4.69) is 0 Å². The van der Waals surface area contributed by atoms with Gasteiger partial charge in [0.25, 0.3) is 0 Å². The Labute approximate surface area is 98.3 Å². The van der Waals surface area contributed by atoms with E-state index >= 15 is 0 Å². The Bertz CT molecular complexity index is 410. The molecule has 1 aliphatic heterocycles. The molecular formula is C12H14FNO3. The summed E-state index contributed by atoms with van der Waals surface area (Å²) in [7, 11) is 0. The molecule has 0 spiro atoms. The topological polar surface area (TPSA) is 60.8 Å². The minimum Gasteiger partial charge on any atom is -0.508 e. The molecule has 5 heteroatoms. The zero-order valence-electron chi connectivity index (χ0n) is 9.27. The van der Waals surface area contributed by atoms with Gasteiger partial charge < -0.3 is 10.2 Å². The van der Waals surface area contributed by atoms with Crippen LogP contribution in [0.5, 0.6) is 5.75 Å². The van der Waals surface area contributed by atoms with Gasteiger partial charge in [-0.3, -0.25) is 9.69 Å². The normalized spacial score (nSPS) is 18.2. The van der Waals surface area contributed by atoms with Crippen molar-refractivity contribution >= 4 is 5.97 Å². The van der Waals surface area contributed by atoms with Gasteiger partial charge in [-0.05, 0) is 43.6 Å². The smallest absolute Gasteiger partial charge is 0.325 e. The second kappa shape index (κ2) is 4.71. The van der Waals surface area contributed by atoms with Gasteiger partial charge in [0.05, 0.1) is 0 Å². The zero-order chi connectivity index (χ0) is 12.4. The van der Waals surface area contributed by atoms with E-state index in [0.717, 1.165) is 25.0 Å². The highest BCUT2D eigenvalue weighted by Gasteiger charge is 2.30. The third kappa shape index (κ3) is 2.55. The second-order valence-corrected chi connectivity index (χ2v) is 4.23. The number of hydrogen-bond acceptors (Lipinski definition) is 3. The number of nitrogens with zero attached hydrogens (tertiary/aromatic N) is 1. The Balaban J connectivity index is 2.34. The zero-order valence-corrected chi connectivity index (χ0v) is 9.27. The SMILES string of the molecule is O=C(O)C(c1cc(O)cc(F)c1)N1CCCC1. The van der Waals surface area contributed by atoms with E-state index in [1.165, 1.54) is 6.07 Å². The molecule has 1 heterocycles. The van der Waals surface area contributed by atoms with Crippen LogP contribution in [0.2, 0.25) is 0 Å². The monoisotopic (exact) mass is 239 g/mol. The molecule has 1 saturated heterocycles. The summed E-state index contributed by atoms with van der Waals surface area (Å²) >= 11 is 0. The second-order valence-electron chi connectivity index (χ2n) is 4.23. The van der Waals surface area contributed by atoms with Gasteiger partial charge in [0.1, 0.15) is 17.6 Å². The molecule has 1 aliphatic rings. The van der Waals surface area contributed by atoms with Gasteiger partial charge in [-0.15, -0.1) is 0 Å². The number of likely N-dealkylation sites (tertiary alicyclic amines) is 1. The van der Waals surface area contributed by atoms with Crippen LogP contribution in [0, 0.1) is 5.82 Å². The summed E-state index contributed by atoms with van der Waals surface area (Å²) in [6.07, 6.45) is 1.90. The first kappa shape index (κ1) is 11.9. The largest absolute Gasteiger partial charge is 0.508 e. The fourth-order valence-corrected chi connectivity index (χ4v) is 2.26. The van der Waals surface area contributed by atoms with Crippen LogP contribution in [0.1, 0.15) is 24.4 Å². The summed E-state index contributed by atoms with van der Waals surface area (Å²) in [6.45, 7) is 1.38. The molecule has 2 rings (SSSR count). The number of carboxylic acid groups (broad SMARTS) is 1. The fourth-order valence-electron chi connectivity index (χ4n) is 2.26. The molecule has 1 aromatic carbocycles. The quantitative estimate of drug-likeness (QED) is 0.843. The van der Waals surface area contributed by atoms with Crippen LogP contribution in [0.15, 0.2) is 18.2 Å². The maximum absolute atomic E-state index is 13.2. The molecular weight excluding hydrogens is 225 g/mol. The molecule has 1 fully saturated rings. The Kier molecular flexibility index (Phi) is 3.28. The molecule has 92 valence electrons. The van der Waals surface area contributed by atoms with Crippen molar-refractivity contribution in [1.82, 2.24) is 4.90 Å². The van der Waals surface area contributed by atoms with Gasteiger partial charge in [0, 0.05) is 6.07 Å². The lowest BCUT2D eigenvalue weighted by Gasteiger charge is -2.24. The van der Waals surface area contributed by atoms with Gasteiger partial charge in [0.2, 0.25) is 0 Å². The van der Waals surface area contributed by atoms with Crippen molar-refractivity contribution in [2.24, 2.45) is 0 Å². The van der Waals surface area contributed by atoms with Gasteiger partial charge in [-0.25, -0.2) is 4.39 Å². The molecule has 0 saturated carbocycles. The fraction of sp³-hybridized carbons (Fsp3) is 0.417. The number of benzene rings is 1. The third-order valence-corrected chi connectivity index (χ3v) is 2.96. The molecule has 0 amide bonds. The minimum atomic E-state index is -1.02. The first-order chi connectivity index (χ1) is 8.08. The molecule has 0 bridgehead atoms. The number of carboxylic acids is 1. The maximum atomic E-state index is 13.2. The van der Waals surface area contributed by atoms with Crippen LogP contribution in [0.4, 0.5) is 4.39 Å². The van der Waals surface area contributed by atoms with Crippen LogP contribution >= 0.6 is 0 Å². The van der Waals surface area contributed by atoms with E-state index < -0.39 is 17.8 Å². The highest BCUT2D eigenvalue weighted by Crippen LogP contribution is 2.28. The predicted octanol–water partition coefficient (Wildman–Crippen LogP) is 1.75. The molecule has 1 atom stereocenters. The molecule has 4 nitrogen and oxygen atoms in total. The number of aromatic hydroxyl groups is 1. The van der Waals surface area contributed by atoms with Crippen molar-refractivity contribution in [2.45, 2.75) is 18.9 Å². The van der Waals surface area contributed by atoms with E-state index in [0.29, 0.717) is 13.1 Å². The Morgan fingerprint density at radius 2 is 1.94 bits per heavy atom. The number of phenols is 1. The lowest BCUT2D eigenvalue weighted by molar-refractivity contribution is -0.143. The number of hydrogen-bond donors (Lipinski definition) is 2. The highest BCUT2D eigenvalue weighted by molar-refractivity contribution is 5.75. The van der Waals surface area contributed by atoms with Crippen molar-refractivity contribution in [2.75, 3.05) is 13.1 Å². The molecule has 0 aliphatic carbocycles. The number of halogens is 1. The van der Waals surface area contributed by atoms with Crippen molar-refractivity contribution in [1.29, 1.82) is 0 Å². The predicted molar refractivity (Wildman–Crippen MR) is 59.2 cm³/mol. The van der Waals surface area contributed by atoms with Crippen molar-refractivity contribution in [3.63, 3.8) is 0 Å². The van der Waals surface area contributed by atoms with Gasteiger partial charge in [0.15, 0.2) is 0 Å². The van der Waals surface area contributed by atoms with Crippen molar-refractivity contribution < 1.29 is 19.4 Å². The van der Waals surface area contributed by atoms with Gasteiger partial charge >= 0.3 is 5.97 Å². The van der Waals surface area contributed by atoms with Crippen molar-refractivity contribution in [3.05, 3.63) is 29.6 Å². The average Bonchev–Trinajstić information content (AvgIpc) is 2.68. The number of carbonyl (C=O) groups is 1. The van der Waals surface area contributed by atoms with Crippen LogP contribution in [0.25, 0.3) is 0 Å². The van der Waals surface area contributed by atoms with Gasteiger partial charge in [-0.2, -0.15) is 0 Å². The molecule has 1 aromatic rings. The molecule has 2 N–H and O–H groups in total. The molecule has 0 aromatic heterocycles. The van der Waals surface area contributed by atoms with Crippen LogP contribution in [0.3, 0.4) is 0 Å². The van der Waals surface area contributed by atoms with E-state index in [-0.39, 0.29) is 11.3 Å². The first-order valence-electron chi connectivity index (χ1n) is 5.54. The van der Waals surface area contributed by atoms with Gasteiger partial charge in [-0.1, -0.05) is 0 Å². The summed E-state index contributed by atoms with van der Waals surface area (Å²) in [5.41, 5.74) is 0.289. The highest BCUT2D eigenvalue weighted by atomic mass is 19.1. The standard InChI is InChI=1S/C12H14FNO3/c13-9-5-8(6-10(15)7-9)11(12(16)17)14-3-1-2-4-14/h5-7,11,15H,1-4H2,(H,16,17). The molecule has 0 radical (unpaired) electrons. The van der Waals surface area contributed by atoms with Crippen LogP contribution in [-0.2, 0) is 4.79 Å². The molecule has 1 unspecified atom stereocenters. The summed E-state index contributed by atoms with van der Waals surface area (Å²) in [5, 5.41) is 18.5.